The first-order valence-corrected chi connectivity index (χ1v) is 16.3. The van der Waals surface area contributed by atoms with E-state index in [1.165, 1.54) is 23.5 Å². The minimum Gasteiger partial charge on any atom is -0.347 e. The average Bonchev–Trinajstić information content (AvgIpc) is 3.62. The van der Waals surface area contributed by atoms with Gasteiger partial charge in [-0.3, -0.25) is 33.8 Å². The van der Waals surface area contributed by atoms with Crippen LogP contribution in [0.25, 0.3) is 0 Å². The maximum absolute atomic E-state index is 14.1. The van der Waals surface area contributed by atoms with Gasteiger partial charge in [0.2, 0.25) is 29.9 Å². The molecule has 47 heavy (non-hydrogen) atoms. The molecule has 2 heterocycles. The molecule has 0 spiro atoms. The van der Waals surface area contributed by atoms with Crippen LogP contribution in [0.2, 0.25) is 0 Å². The number of rotatable bonds is 15. The van der Waals surface area contributed by atoms with Crippen molar-refractivity contribution < 1.29 is 37.5 Å². The Morgan fingerprint density at radius 1 is 0.915 bits per heavy atom. The Labute approximate surface area is 273 Å². The summed E-state index contributed by atoms with van der Waals surface area (Å²) >= 11 is 0. The van der Waals surface area contributed by atoms with Crippen molar-refractivity contribution in [3.8, 4) is 0 Å². The van der Waals surface area contributed by atoms with Crippen LogP contribution < -0.4 is 21.3 Å². The van der Waals surface area contributed by atoms with Gasteiger partial charge in [-0.05, 0) is 49.9 Å². The van der Waals surface area contributed by atoms with E-state index in [2.05, 4.69) is 31.2 Å². The Bertz CT molecular complexity index is 1300. The molecule has 0 bridgehead atoms. The number of nitrogens with one attached hydrogen (secondary N) is 4. The number of hydrogen-bond acceptors (Lipinski definition) is 8. The number of alkyl halides is 2. The van der Waals surface area contributed by atoms with Crippen LogP contribution in [0.3, 0.4) is 0 Å². The number of carbonyl (C=O) groups excluding carboxylic acids is 6. The van der Waals surface area contributed by atoms with E-state index < -0.39 is 78.3 Å². The number of hydrogen-bond donors (Lipinski definition) is 4. The zero-order valence-corrected chi connectivity index (χ0v) is 27.8. The Kier molecular flexibility index (Phi) is 13.3. The molecule has 15 heteroatoms. The van der Waals surface area contributed by atoms with Crippen LogP contribution >= 0.6 is 0 Å². The SMILES string of the molecule is CC[C@H](C)NC(=O)C(=O)[C@H](CC(F)F)NC(=O)[C@@H]1[C@H]2CCC[C@H]2CN1C(=O)[C@@H](NC(=O)[C@@H](NC(=O)c1cnccn1)C(C)C)C(C)C. The van der Waals surface area contributed by atoms with Gasteiger partial charge in [-0.2, -0.15) is 0 Å². The van der Waals surface area contributed by atoms with Crippen LogP contribution in [-0.4, -0.2) is 93.4 Å². The summed E-state index contributed by atoms with van der Waals surface area (Å²) in [6, 6.07) is -5.37. The summed E-state index contributed by atoms with van der Waals surface area (Å²) in [4.78, 5) is 88.8. The van der Waals surface area contributed by atoms with Gasteiger partial charge in [0, 0.05) is 31.4 Å². The van der Waals surface area contributed by atoms with Gasteiger partial charge in [-0.25, -0.2) is 13.8 Å². The van der Waals surface area contributed by atoms with Crippen LogP contribution in [0.5, 0.6) is 0 Å². The first-order valence-electron chi connectivity index (χ1n) is 16.3. The van der Waals surface area contributed by atoms with Gasteiger partial charge < -0.3 is 26.2 Å². The lowest BCUT2D eigenvalue weighted by Gasteiger charge is -2.34. The Morgan fingerprint density at radius 2 is 1.60 bits per heavy atom. The van der Waals surface area contributed by atoms with Crippen molar-refractivity contribution in [1.29, 1.82) is 0 Å². The molecule has 1 aromatic rings. The summed E-state index contributed by atoms with van der Waals surface area (Å²) in [6.45, 7) is 10.6. The molecule has 1 saturated carbocycles. The Balaban J connectivity index is 1.82. The number of ketones is 1. The van der Waals surface area contributed by atoms with Crippen LogP contribution in [0, 0.1) is 23.7 Å². The van der Waals surface area contributed by atoms with E-state index in [1.54, 1.807) is 41.5 Å². The average molecular weight is 664 g/mol. The highest BCUT2D eigenvalue weighted by Crippen LogP contribution is 2.42. The molecule has 1 aliphatic carbocycles. The molecule has 1 aromatic heterocycles. The molecule has 1 aliphatic heterocycles. The predicted octanol–water partition coefficient (Wildman–Crippen LogP) is 1.62. The lowest BCUT2D eigenvalue weighted by Crippen LogP contribution is -2.60. The van der Waals surface area contributed by atoms with Gasteiger partial charge in [-0.15, -0.1) is 0 Å². The second-order valence-electron chi connectivity index (χ2n) is 13.1. The van der Waals surface area contributed by atoms with Crippen LogP contribution in [-0.2, 0) is 24.0 Å². The number of likely N-dealkylation sites (tertiary alicyclic amines) is 1. The molecule has 7 atom stereocenters. The molecule has 5 amide bonds. The molecular formula is C32H47F2N7O6. The normalized spacial score (nSPS) is 21.5. The smallest absolute Gasteiger partial charge is 0.289 e. The van der Waals surface area contributed by atoms with Crippen molar-refractivity contribution in [3.63, 3.8) is 0 Å². The fourth-order valence-electron chi connectivity index (χ4n) is 6.19. The zero-order chi connectivity index (χ0) is 35.0. The van der Waals surface area contributed by atoms with Crippen molar-refractivity contribution >= 4 is 35.3 Å². The number of halogens is 2. The Morgan fingerprint density at radius 3 is 2.17 bits per heavy atom. The third kappa shape index (κ3) is 9.50. The highest BCUT2D eigenvalue weighted by atomic mass is 19.3. The summed E-state index contributed by atoms with van der Waals surface area (Å²) in [5.74, 6) is -5.95. The van der Waals surface area contributed by atoms with Crippen LogP contribution in [0.4, 0.5) is 8.78 Å². The van der Waals surface area contributed by atoms with Gasteiger partial charge >= 0.3 is 0 Å². The van der Waals surface area contributed by atoms with Crippen LogP contribution in [0.15, 0.2) is 18.6 Å². The van der Waals surface area contributed by atoms with E-state index in [9.17, 15) is 37.5 Å². The summed E-state index contributed by atoms with van der Waals surface area (Å²) in [7, 11) is 0. The van der Waals surface area contributed by atoms with E-state index >= 15 is 0 Å². The maximum atomic E-state index is 14.1. The van der Waals surface area contributed by atoms with Crippen molar-refractivity contribution in [3.05, 3.63) is 24.3 Å². The number of fused-ring (bicyclic) bond motifs is 1. The zero-order valence-electron chi connectivity index (χ0n) is 27.8. The van der Waals surface area contributed by atoms with Crippen molar-refractivity contribution in [1.82, 2.24) is 36.1 Å². The van der Waals surface area contributed by atoms with E-state index in [1.807, 2.05) is 0 Å². The molecule has 4 N–H and O–H groups in total. The molecule has 13 nitrogen and oxygen atoms in total. The highest BCUT2D eigenvalue weighted by molar-refractivity contribution is 6.38. The third-order valence-corrected chi connectivity index (χ3v) is 8.96. The molecule has 0 unspecified atom stereocenters. The number of amides is 5. The molecule has 2 fully saturated rings. The second-order valence-corrected chi connectivity index (χ2v) is 13.1. The molecule has 0 radical (unpaired) electrons. The first kappa shape index (κ1) is 37.4. The monoisotopic (exact) mass is 663 g/mol. The fraction of sp³-hybridized carbons (Fsp3) is 0.688. The van der Waals surface area contributed by atoms with Gasteiger partial charge in [0.05, 0.1) is 6.20 Å². The molecule has 0 aromatic carbocycles. The summed E-state index contributed by atoms with van der Waals surface area (Å²) in [5.41, 5.74) is 0.0147. The standard InChI is InChI=1S/C32H47F2N7O6/c1-7-18(6)37-31(46)27(42)21(13-23(33)34)38-30(45)26-20-10-8-9-19(20)15-41(26)32(47)25(17(4)5)40-29(44)24(16(2)3)39-28(43)22-14-35-11-12-36-22/h11-12,14,16-21,23-26H,7-10,13,15H2,1-6H3,(H,37,46)(H,38,45)(H,39,43)(H,40,44)/t18-,19-,20-,21-,24-,25-,26-/m0/s1. The molecule has 3 rings (SSSR count). The van der Waals surface area contributed by atoms with Crippen molar-refractivity contribution in [2.24, 2.45) is 23.7 Å². The quantitative estimate of drug-likeness (QED) is 0.205. The van der Waals surface area contributed by atoms with Gasteiger partial charge in [0.1, 0.15) is 29.9 Å². The molecule has 260 valence electrons. The lowest BCUT2D eigenvalue weighted by molar-refractivity contribution is -0.145. The van der Waals surface area contributed by atoms with Gasteiger partial charge in [-0.1, -0.05) is 41.0 Å². The topological polar surface area (TPSA) is 180 Å². The molecule has 1 saturated heterocycles. The minimum atomic E-state index is -2.98. The number of nitrogens with zero attached hydrogens (tertiary/aromatic N) is 3. The van der Waals surface area contributed by atoms with Crippen molar-refractivity contribution in [2.45, 2.75) is 110 Å². The van der Waals surface area contributed by atoms with E-state index in [4.69, 9.17) is 0 Å². The van der Waals surface area contributed by atoms with Crippen molar-refractivity contribution in [2.75, 3.05) is 6.54 Å². The number of aromatic nitrogens is 2. The van der Waals surface area contributed by atoms with Gasteiger partial charge in [0.15, 0.2) is 0 Å². The third-order valence-electron chi connectivity index (χ3n) is 8.96. The second kappa shape index (κ2) is 16.7. The van der Waals surface area contributed by atoms with E-state index in [0.717, 1.165) is 12.8 Å². The maximum Gasteiger partial charge on any atom is 0.289 e. The molecular weight excluding hydrogens is 616 g/mol. The fourth-order valence-corrected chi connectivity index (χ4v) is 6.19. The largest absolute Gasteiger partial charge is 0.347 e. The number of Topliss-reactive ketones (excluding diaryl/α,β-unsaturated/α-hetero) is 1. The minimum absolute atomic E-state index is 0.0147. The lowest BCUT2D eigenvalue weighted by atomic mass is 9.92. The van der Waals surface area contributed by atoms with E-state index in [0.29, 0.717) is 12.8 Å². The summed E-state index contributed by atoms with van der Waals surface area (Å²) < 4.78 is 27.1. The Hall–Kier alpha value is -4.04. The van der Waals surface area contributed by atoms with Gasteiger partial charge in [0.25, 0.3) is 11.8 Å². The van der Waals surface area contributed by atoms with Crippen LogP contribution in [0.1, 0.15) is 84.1 Å². The highest BCUT2D eigenvalue weighted by Gasteiger charge is 2.51. The van der Waals surface area contributed by atoms with E-state index in [-0.39, 0.29) is 36.0 Å². The number of carbonyl (C=O) groups is 6. The first-order chi connectivity index (χ1) is 22.2. The summed E-state index contributed by atoms with van der Waals surface area (Å²) in [5, 5.41) is 10.2. The summed E-state index contributed by atoms with van der Waals surface area (Å²) in [6.07, 6.45) is 2.64. The molecule has 2 aliphatic rings. The predicted molar refractivity (Wildman–Crippen MR) is 167 cm³/mol.